The lowest BCUT2D eigenvalue weighted by Gasteiger charge is -2.10. The molecule has 2 aromatic carbocycles. The van der Waals surface area contributed by atoms with Crippen molar-refractivity contribution in [2.75, 3.05) is 7.11 Å². The minimum absolute atomic E-state index is 0.387. The van der Waals surface area contributed by atoms with Gasteiger partial charge in [-0.05, 0) is 47.3 Å². The van der Waals surface area contributed by atoms with E-state index < -0.39 is 0 Å². The molecule has 0 bridgehead atoms. The van der Waals surface area contributed by atoms with Crippen molar-refractivity contribution in [3.05, 3.63) is 65.7 Å². The van der Waals surface area contributed by atoms with Crippen LogP contribution in [0, 0.1) is 11.3 Å². The van der Waals surface area contributed by atoms with Crippen LogP contribution >= 0.6 is 18.5 Å². The zero-order valence-corrected chi connectivity index (χ0v) is 16.6. The minimum atomic E-state index is 0.387. The maximum absolute atomic E-state index is 8.94. The van der Waals surface area contributed by atoms with E-state index in [9.17, 15) is 0 Å². The summed E-state index contributed by atoms with van der Waals surface area (Å²) in [5.41, 5.74) is 3.45. The average molecular weight is 380 g/mol. The van der Waals surface area contributed by atoms with Crippen molar-refractivity contribution in [1.29, 1.82) is 5.26 Å². The molecular formula is C20H18N2O2P2. The predicted molar refractivity (Wildman–Crippen MR) is 110 cm³/mol. The molecule has 0 N–H and O–H groups in total. The van der Waals surface area contributed by atoms with Crippen LogP contribution in [0.3, 0.4) is 0 Å². The summed E-state index contributed by atoms with van der Waals surface area (Å²) in [5, 5.41) is 10.9. The van der Waals surface area contributed by atoms with Crippen LogP contribution in [-0.2, 0) is 6.61 Å². The molecule has 1 heterocycles. The van der Waals surface area contributed by atoms with E-state index in [4.69, 9.17) is 14.7 Å². The Kier molecular flexibility index (Phi) is 5.84. The molecule has 3 aromatic rings. The number of hydrogen-bond donors (Lipinski definition) is 0. The number of hydrogen-bond acceptors (Lipinski definition) is 4. The van der Waals surface area contributed by atoms with Crippen molar-refractivity contribution in [1.82, 2.24) is 4.98 Å². The topological polar surface area (TPSA) is 55.1 Å². The molecule has 6 heteroatoms. The standard InChI is InChI=1S/C20H18N2O2P2/c1-23-17-8-7-14(10-19(17)26)16-3-2-4-20(22-16)24-12-15-6-5-13(11-21)9-18(15)25/h2-10H,12,25-26H2,1H3. The summed E-state index contributed by atoms with van der Waals surface area (Å²) in [6, 6.07) is 19.2. The summed E-state index contributed by atoms with van der Waals surface area (Å²) >= 11 is 0. The first-order valence-corrected chi connectivity index (χ1v) is 9.08. The number of rotatable bonds is 5. The van der Waals surface area contributed by atoms with E-state index in [0.717, 1.165) is 33.2 Å². The average Bonchev–Trinajstić information content (AvgIpc) is 2.67. The molecule has 4 nitrogen and oxygen atoms in total. The Balaban J connectivity index is 1.78. The van der Waals surface area contributed by atoms with E-state index >= 15 is 0 Å². The van der Waals surface area contributed by atoms with Gasteiger partial charge in [0.2, 0.25) is 5.88 Å². The lowest BCUT2D eigenvalue weighted by molar-refractivity contribution is 0.295. The molecule has 2 unspecified atom stereocenters. The summed E-state index contributed by atoms with van der Waals surface area (Å²) in [6.45, 7) is 0.387. The van der Waals surface area contributed by atoms with Crippen LogP contribution in [0.15, 0.2) is 54.6 Å². The number of benzene rings is 2. The van der Waals surface area contributed by atoms with E-state index in [0.29, 0.717) is 18.1 Å². The molecule has 0 aliphatic rings. The van der Waals surface area contributed by atoms with E-state index in [2.05, 4.69) is 29.5 Å². The maximum atomic E-state index is 8.94. The van der Waals surface area contributed by atoms with Gasteiger partial charge in [0, 0.05) is 16.9 Å². The van der Waals surface area contributed by atoms with Crippen LogP contribution < -0.4 is 20.1 Å². The molecule has 1 aromatic heterocycles. The van der Waals surface area contributed by atoms with Crippen LogP contribution in [0.5, 0.6) is 11.6 Å². The Hall–Kier alpha value is -2.46. The fourth-order valence-electron chi connectivity index (χ4n) is 2.50. The van der Waals surface area contributed by atoms with E-state index in [1.807, 2.05) is 48.5 Å². The lowest BCUT2D eigenvalue weighted by Crippen LogP contribution is -2.07. The third kappa shape index (κ3) is 4.20. The second kappa shape index (κ2) is 8.28. The lowest BCUT2D eigenvalue weighted by atomic mass is 10.1. The van der Waals surface area contributed by atoms with Gasteiger partial charge in [-0.25, -0.2) is 4.98 Å². The first kappa shape index (κ1) is 18.3. The molecule has 2 atom stereocenters. The van der Waals surface area contributed by atoms with Crippen molar-refractivity contribution in [2.45, 2.75) is 6.61 Å². The first-order chi connectivity index (χ1) is 12.6. The molecule has 3 rings (SSSR count). The van der Waals surface area contributed by atoms with Gasteiger partial charge in [0.1, 0.15) is 12.4 Å². The van der Waals surface area contributed by atoms with Gasteiger partial charge < -0.3 is 9.47 Å². The second-order valence-corrected chi connectivity index (χ2v) is 6.88. The van der Waals surface area contributed by atoms with Gasteiger partial charge >= 0.3 is 0 Å². The zero-order valence-electron chi connectivity index (χ0n) is 14.3. The molecule has 0 spiro atoms. The van der Waals surface area contributed by atoms with Crippen molar-refractivity contribution < 1.29 is 9.47 Å². The van der Waals surface area contributed by atoms with Gasteiger partial charge in [0.25, 0.3) is 0 Å². The number of nitriles is 1. The van der Waals surface area contributed by atoms with Gasteiger partial charge in [-0.2, -0.15) is 5.26 Å². The molecule has 26 heavy (non-hydrogen) atoms. The fourth-order valence-corrected chi connectivity index (χ4v) is 3.25. The van der Waals surface area contributed by atoms with Crippen LogP contribution in [-0.4, -0.2) is 12.1 Å². The summed E-state index contributed by atoms with van der Waals surface area (Å²) in [6.07, 6.45) is 0. The third-order valence-electron chi connectivity index (χ3n) is 3.90. The van der Waals surface area contributed by atoms with E-state index in [-0.39, 0.29) is 0 Å². The molecule has 0 saturated heterocycles. The predicted octanol–water partition coefficient (Wildman–Crippen LogP) is 3.21. The summed E-state index contributed by atoms with van der Waals surface area (Å²) in [4.78, 5) is 4.59. The van der Waals surface area contributed by atoms with Crippen molar-refractivity contribution in [3.63, 3.8) is 0 Å². The SMILES string of the molecule is COc1ccc(-c2cccc(OCc3ccc(C#N)cc3P)n2)cc1P. The Morgan fingerprint density at radius 3 is 2.58 bits per heavy atom. The number of methoxy groups -OCH3 is 1. The van der Waals surface area contributed by atoms with E-state index in [1.165, 1.54) is 0 Å². The monoisotopic (exact) mass is 380 g/mol. The first-order valence-electron chi connectivity index (χ1n) is 7.93. The third-order valence-corrected chi connectivity index (χ3v) is 4.89. The molecule has 0 aliphatic carbocycles. The highest BCUT2D eigenvalue weighted by molar-refractivity contribution is 7.27. The Bertz CT molecular complexity index is 984. The number of pyridine rings is 1. The largest absolute Gasteiger partial charge is 0.496 e. The fraction of sp³-hybridized carbons (Fsp3) is 0.100. The minimum Gasteiger partial charge on any atom is -0.496 e. The molecule has 0 amide bonds. The molecule has 0 saturated carbocycles. The van der Waals surface area contributed by atoms with Crippen LogP contribution in [0.25, 0.3) is 11.3 Å². The van der Waals surface area contributed by atoms with Crippen LogP contribution in [0.1, 0.15) is 11.1 Å². The smallest absolute Gasteiger partial charge is 0.214 e. The van der Waals surface area contributed by atoms with Crippen molar-refractivity contribution in [3.8, 4) is 29.0 Å². The highest BCUT2D eigenvalue weighted by Gasteiger charge is 2.07. The molecule has 130 valence electrons. The zero-order chi connectivity index (χ0) is 18.5. The van der Waals surface area contributed by atoms with Crippen LogP contribution in [0.2, 0.25) is 0 Å². The number of aromatic nitrogens is 1. The van der Waals surface area contributed by atoms with Gasteiger partial charge in [-0.1, -0.05) is 12.1 Å². The Labute approximate surface area is 157 Å². The van der Waals surface area contributed by atoms with Gasteiger partial charge in [0.15, 0.2) is 0 Å². The maximum Gasteiger partial charge on any atom is 0.214 e. The normalized spacial score (nSPS) is 10.2. The van der Waals surface area contributed by atoms with Gasteiger partial charge in [0.05, 0.1) is 24.4 Å². The molecular weight excluding hydrogens is 362 g/mol. The van der Waals surface area contributed by atoms with Gasteiger partial charge in [-0.3, -0.25) is 0 Å². The molecule has 0 aliphatic heterocycles. The Morgan fingerprint density at radius 2 is 1.88 bits per heavy atom. The highest BCUT2D eigenvalue weighted by atomic mass is 31.0. The summed E-state index contributed by atoms with van der Waals surface area (Å²) in [5.74, 6) is 1.37. The quantitative estimate of drug-likeness (QED) is 0.638. The number of nitrogens with zero attached hydrogens (tertiary/aromatic N) is 2. The Morgan fingerprint density at radius 1 is 1.04 bits per heavy atom. The second-order valence-electron chi connectivity index (χ2n) is 5.63. The van der Waals surface area contributed by atoms with Crippen molar-refractivity contribution >= 4 is 29.1 Å². The molecule has 0 radical (unpaired) electrons. The summed E-state index contributed by atoms with van der Waals surface area (Å²) < 4.78 is 11.1. The van der Waals surface area contributed by atoms with E-state index in [1.54, 1.807) is 13.2 Å². The molecule has 0 fully saturated rings. The summed E-state index contributed by atoms with van der Waals surface area (Å²) in [7, 11) is 6.96. The highest BCUT2D eigenvalue weighted by Crippen LogP contribution is 2.23. The van der Waals surface area contributed by atoms with Crippen LogP contribution in [0.4, 0.5) is 0 Å². The van der Waals surface area contributed by atoms with Crippen molar-refractivity contribution in [2.24, 2.45) is 0 Å². The number of ether oxygens (including phenoxy) is 2. The van der Waals surface area contributed by atoms with Gasteiger partial charge in [-0.15, -0.1) is 18.5 Å².